The Morgan fingerprint density at radius 1 is 0.559 bits per heavy atom. The molecule has 1 aliphatic carbocycles. The lowest BCUT2D eigenvalue weighted by Crippen LogP contribution is -2.61. The van der Waals surface area contributed by atoms with Crippen molar-refractivity contribution in [3.05, 3.63) is 161 Å². The molecule has 0 N–H and O–H groups in total. The van der Waals surface area contributed by atoms with E-state index in [0.717, 1.165) is 24.0 Å². The lowest BCUT2D eigenvalue weighted by atomic mass is 9.43. The van der Waals surface area contributed by atoms with Gasteiger partial charge in [0.05, 0.1) is 10.4 Å². The number of aryl methyl sites for hydroxylation is 1. The molecule has 336 valence electrons. The summed E-state index contributed by atoms with van der Waals surface area (Å²) >= 11 is 1.93. The van der Waals surface area contributed by atoms with Gasteiger partial charge in [0, 0.05) is 60.6 Å². The molecule has 0 amide bonds. The fourth-order valence-electron chi connectivity index (χ4n) is 12.2. The largest absolute Gasteiger partial charge is 0.456 e. The topological polar surface area (TPSA) is 19.6 Å². The lowest BCUT2D eigenvalue weighted by molar-refractivity contribution is 0.332. The molecule has 0 unspecified atom stereocenters. The van der Waals surface area contributed by atoms with Gasteiger partial charge in [-0.05, 0) is 151 Å². The van der Waals surface area contributed by atoms with Crippen molar-refractivity contribution in [2.75, 3.05) is 9.71 Å². The van der Waals surface area contributed by atoms with Crippen molar-refractivity contribution >= 4 is 110 Å². The summed E-state index contributed by atoms with van der Waals surface area (Å²) in [5.41, 5.74) is 20.1. The molecule has 0 saturated carbocycles. The number of nitrogens with zero attached hydrogens (tertiary/aromatic N) is 2. The molecule has 2 aromatic heterocycles. The Morgan fingerprint density at radius 3 is 1.90 bits per heavy atom. The zero-order valence-electron chi connectivity index (χ0n) is 41.4. The monoisotopic (exact) mass is 902 g/mol. The van der Waals surface area contributed by atoms with Crippen LogP contribution in [0.4, 0.5) is 28.4 Å². The fraction of sp³-hybridized carbons (Fsp3) is 0.270. The number of hydrogen-bond donors (Lipinski definition) is 0. The molecule has 2 aliphatic heterocycles. The molecule has 13 rings (SSSR count). The first kappa shape index (κ1) is 41.9. The van der Waals surface area contributed by atoms with E-state index in [-0.39, 0.29) is 28.5 Å². The predicted octanol–water partition coefficient (Wildman–Crippen LogP) is 17.1. The van der Waals surface area contributed by atoms with Crippen molar-refractivity contribution in [1.82, 2.24) is 0 Å². The second-order valence-electron chi connectivity index (χ2n) is 23.7. The van der Waals surface area contributed by atoms with Crippen LogP contribution in [0.15, 0.2) is 138 Å². The minimum Gasteiger partial charge on any atom is -0.456 e. The summed E-state index contributed by atoms with van der Waals surface area (Å²) in [4.78, 5) is 5.33. The minimum absolute atomic E-state index is 0.0110. The van der Waals surface area contributed by atoms with Crippen molar-refractivity contribution in [3.8, 4) is 11.1 Å². The number of hydrogen-bond acceptors (Lipinski definition) is 4. The normalized spacial score (nSPS) is 16.2. The van der Waals surface area contributed by atoms with Gasteiger partial charge >= 0.3 is 6.85 Å². The quantitative estimate of drug-likeness (QED) is 0.161. The van der Waals surface area contributed by atoms with Crippen molar-refractivity contribution in [2.24, 2.45) is 0 Å². The van der Waals surface area contributed by atoms with E-state index in [4.69, 9.17) is 4.42 Å². The average Bonchev–Trinajstić information content (AvgIpc) is 3.86. The zero-order chi connectivity index (χ0) is 47.0. The predicted molar refractivity (Wildman–Crippen MR) is 295 cm³/mol. The third-order valence-electron chi connectivity index (χ3n) is 16.3. The summed E-state index contributed by atoms with van der Waals surface area (Å²) in [6.07, 6.45) is 2.32. The van der Waals surface area contributed by atoms with Gasteiger partial charge in [-0.3, -0.25) is 0 Å². The molecule has 0 fully saturated rings. The van der Waals surface area contributed by atoms with E-state index in [2.05, 4.69) is 219 Å². The van der Waals surface area contributed by atoms with Gasteiger partial charge in [0.15, 0.2) is 0 Å². The molecule has 5 heteroatoms. The van der Waals surface area contributed by atoms with Crippen LogP contribution in [-0.4, -0.2) is 6.85 Å². The van der Waals surface area contributed by atoms with Crippen molar-refractivity contribution < 1.29 is 4.42 Å². The Labute approximate surface area is 405 Å². The maximum absolute atomic E-state index is 7.18. The number of thiophene rings is 1. The van der Waals surface area contributed by atoms with Crippen molar-refractivity contribution in [1.29, 1.82) is 0 Å². The van der Waals surface area contributed by atoms with Crippen LogP contribution in [-0.2, 0) is 21.7 Å². The molecule has 0 saturated heterocycles. The van der Waals surface area contributed by atoms with Crippen LogP contribution < -0.4 is 20.6 Å². The first-order chi connectivity index (χ1) is 32.4. The standard InChI is InChI=1S/C63H59BN2OS/c1-36-28-40(61(5,6)7)22-25-51(36)65-53-35-55-45(44-32-48-49(34-54(44)67-55)63(10,11)27-26-62(48,8)9)33-50(53)64-57-46(31-47-42-18-14-15-19-56(42)68-59(47)58(57)65)43-29-37-16-12-13-17-38(37)30-52(43)66(64)41-23-20-39(21-24-41)60(2,3)4/h12-25,28-35H,26-27H2,1-11H3. The second-order valence-corrected chi connectivity index (χ2v) is 24.8. The van der Waals surface area contributed by atoms with Crippen LogP contribution in [0.3, 0.4) is 0 Å². The molecule has 68 heavy (non-hydrogen) atoms. The Morgan fingerprint density at radius 2 is 1.19 bits per heavy atom. The van der Waals surface area contributed by atoms with Gasteiger partial charge in [-0.2, -0.15) is 0 Å². The number of benzene rings is 8. The molecule has 0 atom stereocenters. The molecule has 3 aliphatic rings. The highest BCUT2D eigenvalue weighted by Gasteiger charge is 2.47. The van der Waals surface area contributed by atoms with Gasteiger partial charge in [-0.25, -0.2) is 0 Å². The summed E-state index contributed by atoms with van der Waals surface area (Å²) in [6, 6.07) is 51.9. The Bertz CT molecular complexity index is 3800. The van der Waals surface area contributed by atoms with Crippen LogP contribution in [0.1, 0.15) is 110 Å². The van der Waals surface area contributed by atoms with E-state index in [9.17, 15) is 0 Å². The second kappa shape index (κ2) is 13.9. The maximum atomic E-state index is 7.18. The van der Waals surface area contributed by atoms with E-state index >= 15 is 0 Å². The number of anilines is 5. The molecular formula is C63H59BN2OS. The number of furan rings is 1. The summed E-state index contributed by atoms with van der Waals surface area (Å²) in [5.74, 6) is 0. The third kappa shape index (κ3) is 5.97. The van der Waals surface area contributed by atoms with Crippen LogP contribution in [0.25, 0.3) is 64.0 Å². The van der Waals surface area contributed by atoms with Crippen molar-refractivity contribution in [2.45, 2.75) is 111 Å². The molecule has 3 nitrogen and oxygen atoms in total. The summed E-state index contributed by atoms with van der Waals surface area (Å²) in [7, 11) is 0. The van der Waals surface area contributed by atoms with E-state index in [1.165, 1.54) is 120 Å². The maximum Gasteiger partial charge on any atom is 0.333 e. The highest BCUT2D eigenvalue weighted by molar-refractivity contribution is 7.26. The first-order valence-electron chi connectivity index (χ1n) is 24.7. The first-order valence-corrected chi connectivity index (χ1v) is 25.5. The SMILES string of the molecule is Cc1cc(C(C)(C)C)ccc1N1c2cc3oc4cc5c(cc4c3cc2B2c3c(cc4c(sc6ccccc64)c31)-c1cc3ccccc3cc1N2c1ccc(C(C)(C)C)cc1)C(C)(C)CCC5(C)C. The average molecular weight is 903 g/mol. The van der Waals surface area contributed by atoms with E-state index < -0.39 is 0 Å². The summed E-state index contributed by atoms with van der Waals surface area (Å²) in [6.45, 7) is 25.7. The molecule has 10 aromatic rings. The fourth-order valence-corrected chi connectivity index (χ4v) is 13.5. The summed E-state index contributed by atoms with van der Waals surface area (Å²) in [5, 5.41) is 7.49. The van der Waals surface area contributed by atoms with E-state index in [1.54, 1.807) is 0 Å². The van der Waals surface area contributed by atoms with Gasteiger partial charge in [0.2, 0.25) is 0 Å². The number of rotatable bonds is 2. The Kier molecular flexibility index (Phi) is 8.57. The van der Waals surface area contributed by atoms with Gasteiger partial charge in [0.1, 0.15) is 11.2 Å². The molecular weight excluding hydrogens is 844 g/mol. The van der Waals surface area contributed by atoms with Gasteiger partial charge in [0.25, 0.3) is 0 Å². The number of fused-ring (bicyclic) bond motifs is 13. The van der Waals surface area contributed by atoms with Crippen LogP contribution in [0, 0.1) is 6.92 Å². The van der Waals surface area contributed by atoms with Crippen molar-refractivity contribution in [3.63, 3.8) is 0 Å². The highest BCUT2D eigenvalue weighted by atomic mass is 32.1. The highest BCUT2D eigenvalue weighted by Crippen LogP contribution is 2.55. The molecule has 8 aromatic carbocycles. The van der Waals surface area contributed by atoms with Crippen LogP contribution in [0.2, 0.25) is 0 Å². The lowest BCUT2D eigenvalue weighted by Gasteiger charge is -2.46. The van der Waals surface area contributed by atoms with Gasteiger partial charge < -0.3 is 14.1 Å². The van der Waals surface area contributed by atoms with E-state index in [0.29, 0.717) is 0 Å². The summed E-state index contributed by atoms with van der Waals surface area (Å²) < 4.78 is 9.80. The smallest absolute Gasteiger partial charge is 0.333 e. The molecule has 0 spiro atoms. The Hall–Kier alpha value is -6.30. The molecule has 4 heterocycles. The van der Waals surface area contributed by atoms with Crippen LogP contribution in [0.5, 0.6) is 0 Å². The zero-order valence-corrected chi connectivity index (χ0v) is 42.2. The minimum atomic E-state index is -0.147. The van der Waals surface area contributed by atoms with Gasteiger partial charge in [-0.15, -0.1) is 11.3 Å². The third-order valence-corrected chi connectivity index (χ3v) is 17.5. The van der Waals surface area contributed by atoms with Gasteiger partial charge in [-0.1, -0.05) is 142 Å². The van der Waals surface area contributed by atoms with E-state index in [1.807, 2.05) is 11.3 Å². The van der Waals surface area contributed by atoms with Crippen LogP contribution >= 0.6 is 11.3 Å². The Balaban J connectivity index is 1.20. The molecule has 0 radical (unpaired) electrons. The molecule has 0 bridgehead atoms.